The second-order valence-electron chi connectivity index (χ2n) is 4.88. The number of hydrogen-bond donors (Lipinski definition) is 0. The van der Waals surface area contributed by atoms with Crippen LogP contribution in [0.4, 0.5) is 0 Å². The van der Waals surface area contributed by atoms with Gasteiger partial charge in [-0.3, -0.25) is 9.78 Å². The molecule has 0 radical (unpaired) electrons. The van der Waals surface area contributed by atoms with Gasteiger partial charge in [-0.25, -0.2) is 0 Å². The van der Waals surface area contributed by atoms with E-state index in [1.165, 1.54) is 5.56 Å². The Morgan fingerprint density at radius 1 is 1.53 bits per heavy atom. The molecule has 0 bridgehead atoms. The molecule has 1 aromatic rings. The standard InChI is InChI=1S/C13H16N2O2/c1-9-5-11(8-17-9)13(16)15-6-10-3-2-4-14-12(10)7-15/h2-4,9,11H,5-8H2,1H3/t9-,11-/m0/s1. The second kappa shape index (κ2) is 4.11. The minimum Gasteiger partial charge on any atom is -0.378 e. The van der Waals surface area contributed by atoms with Crippen molar-refractivity contribution in [2.75, 3.05) is 6.61 Å². The van der Waals surface area contributed by atoms with Crippen LogP contribution in [-0.4, -0.2) is 28.5 Å². The first-order chi connectivity index (χ1) is 8.24. The van der Waals surface area contributed by atoms with Gasteiger partial charge in [0.25, 0.3) is 0 Å². The lowest BCUT2D eigenvalue weighted by molar-refractivity contribution is -0.136. The van der Waals surface area contributed by atoms with Crippen LogP contribution in [0.1, 0.15) is 24.6 Å². The van der Waals surface area contributed by atoms with Crippen molar-refractivity contribution in [2.45, 2.75) is 32.5 Å². The lowest BCUT2D eigenvalue weighted by atomic mass is 10.1. The number of carbonyl (C=O) groups excluding carboxylic acids is 1. The van der Waals surface area contributed by atoms with Crippen LogP contribution in [0.15, 0.2) is 18.3 Å². The number of hydrogen-bond acceptors (Lipinski definition) is 3. The molecule has 90 valence electrons. The topological polar surface area (TPSA) is 42.4 Å². The van der Waals surface area contributed by atoms with E-state index in [1.807, 2.05) is 24.0 Å². The van der Waals surface area contributed by atoms with Crippen LogP contribution in [0.25, 0.3) is 0 Å². The SMILES string of the molecule is C[C@H]1C[C@H](C(=O)N2Cc3cccnc3C2)CO1. The van der Waals surface area contributed by atoms with Gasteiger partial charge in [-0.2, -0.15) is 0 Å². The molecule has 0 unspecified atom stereocenters. The molecule has 2 aliphatic heterocycles. The maximum Gasteiger partial charge on any atom is 0.228 e. The molecule has 2 atom stereocenters. The quantitative estimate of drug-likeness (QED) is 0.734. The monoisotopic (exact) mass is 232 g/mol. The molecule has 1 saturated heterocycles. The van der Waals surface area contributed by atoms with Crippen LogP contribution < -0.4 is 0 Å². The van der Waals surface area contributed by atoms with Gasteiger partial charge in [-0.15, -0.1) is 0 Å². The third-order valence-corrected chi connectivity index (χ3v) is 3.55. The summed E-state index contributed by atoms with van der Waals surface area (Å²) < 4.78 is 5.46. The van der Waals surface area contributed by atoms with Crippen LogP contribution >= 0.6 is 0 Å². The third kappa shape index (κ3) is 1.93. The molecule has 0 aromatic carbocycles. The van der Waals surface area contributed by atoms with Crippen molar-refractivity contribution in [3.8, 4) is 0 Å². The maximum atomic E-state index is 12.3. The van der Waals surface area contributed by atoms with E-state index in [-0.39, 0.29) is 17.9 Å². The van der Waals surface area contributed by atoms with Gasteiger partial charge in [0, 0.05) is 12.7 Å². The molecular weight excluding hydrogens is 216 g/mol. The van der Waals surface area contributed by atoms with E-state index in [9.17, 15) is 4.79 Å². The molecule has 0 N–H and O–H groups in total. The first-order valence-electron chi connectivity index (χ1n) is 6.07. The summed E-state index contributed by atoms with van der Waals surface area (Å²) in [5, 5.41) is 0. The molecule has 17 heavy (non-hydrogen) atoms. The van der Waals surface area contributed by atoms with Gasteiger partial charge in [0.2, 0.25) is 5.91 Å². The number of aromatic nitrogens is 1. The second-order valence-corrected chi connectivity index (χ2v) is 4.88. The van der Waals surface area contributed by atoms with E-state index in [0.717, 1.165) is 12.1 Å². The highest BCUT2D eigenvalue weighted by molar-refractivity contribution is 5.79. The molecule has 3 rings (SSSR count). The van der Waals surface area contributed by atoms with E-state index in [4.69, 9.17) is 4.74 Å². The number of carbonyl (C=O) groups is 1. The van der Waals surface area contributed by atoms with Crippen molar-refractivity contribution >= 4 is 5.91 Å². The predicted molar refractivity (Wildman–Crippen MR) is 62.0 cm³/mol. The number of rotatable bonds is 1. The fourth-order valence-corrected chi connectivity index (χ4v) is 2.60. The fraction of sp³-hybridized carbons (Fsp3) is 0.538. The molecule has 4 heteroatoms. The maximum absolute atomic E-state index is 12.3. The summed E-state index contributed by atoms with van der Waals surface area (Å²) in [5.74, 6) is 0.256. The molecular formula is C13H16N2O2. The van der Waals surface area contributed by atoms with E-state index in [0.29, 0.717) is 19.7 Å². The lowest BCUT2D eigenvalue weighted by Crippen LogP contribution is -2.32. The van der Waals surface area contributed by atoms with Crippen LogP contribution in [0.3, 0.4) is 0 Å². The van der Waals surface area contributed by atoms with Gasteiger partial charge in [-0.1, -0.05) is 6.07 Å². The molecule has 3 heterocycles. The zero-order valence-electron chi connectivity index (χ0n) is 9.93. The van der Waals surface area contributed by atoms with E-state index in [1.54, 1.807) is 6.20 Å². The minimum atomic E-state index is 0.0410. The summed E-state index contributed by atoms with van der Waals surface area (Å²) in [6.07, 6.45) is 2.85. The van der Waals surface area contributed by atoms with Crippen molar-refractivity contribution in [3.05, 3.63) is 29.6 Å². The highest BCUT2D eigenvalue weighted by atomic mass is 16.5. The average molecular weight is 232 g/mol. The average Bonchev–Trinajstić information content (AvgIpc) is 2.93. The first-order valence-corrected chi connectivity index (χ1v) is 6.07. The Bertz CT molecular complexity index is 422. The van der Waals surface area contributed by atoms with Crippen LogP contribution in [0.5, 0.6) is 0 Å². The van der Waals surface area contributed by atoms with Gasteiger partial charge in [-0.05, 0) is 25.0 Å². The number of amides is 1. The number of fused-ring (bicyclic) bond motifs is 1. The normalized spacial score (nSPS) is 27.2. The largest absolute Gasteiger partial charge is 0.378 e. The Morgan fingerprint density at radius 3 is 3.12 bits per heavy atom. The van der Waals surface area contributed by atoms with Gasteiger partial charge in [0.05, 0.1) is 30.9 Å². The van der Waals surface area contributed by atoms with E-state index >= 15 is 0 Å². The van der Waals surface area contributed by atoms with Gasteiger partial charge in [0.15, 0.2) is 0 Å². The third-order valence-electron chi connectivity index (χ3n) is 3.55. The van der Waals surface area contributed by atoms with Crippen LogP contribution in [-0.2, 0) is 22.6 Å². The Kier molecular flexibility index (Phi) is 2.59. The summed E-state index contributed by atoms with van der Waals surface area (Å²) in [7, 11) is 0. The van der Waals surface area contributed by atoms with Crippen molar-refractivity contribution in [1.29, 1.82) is 0 Å². The molecule has 0 spiro atoms. The molecule has 1 aromatic heterocycles. The number of pyridine rings is 1. The number of nitrogens with zero attached hydrogens (tertiary/aromatic N) is 2. The van der Waals surface area contributed by atoms with Crippen LogP contribution in [0, 0.1) is 5.92 Å². The van der Waals surface area contributed by atoms with Gasteiger partial charge < -0.3 is 9.64 Å². The van der Waals surface area contributed by atoms with Gasteiger partial charge >= 0.3 is 0 Å². The Balaban J connectivity index is 1.70. The fourth-order valence-electron chi connectivity index (χ4n) is 2.60. The summed E-state index contributed by atoms with van der Waals surface area (Å²) >= 11 is 0. The minimum absolute atomic E-state index is 0.0410. The van der Waals surface area contributed by atoms with Crippen molar-refractivity contribution in [2.24, 2.45) is 5.92 Å². The smallest absolute Gasteiger partial charge is 0.228 e. The highest BCUT2D eigenvalue weighted by Gasteiger charge is 2.34. The summed E-state index contributed by atoms with van der Waals surface area (Å²) in [6.45, 7) is 3.95. The van der Waals surface area contributed by atoms with Crippen molar-refractivity contribution in [3.63, 3.8) is 0 Å². The molecule has 0 aliphatic carbocycles. The summed E-state index contributed by atoms with van der Waals surface area (Å²) in [4.78, 5) is 18.5. The van der Waals surface area contributed by atoms with E-state index in [2.05, 4.69) is 4.98 Å². The van der Waals surface area contributed by atoms with E-state index < -0.39 is 0 Å². The first kappa shape index (κ1) is 10.7. The Labute approximate surface area is 101 Å². The molecule has 4 nitrogen and oxygen atoms in total. The van der Waals surface area contributed by atoms with Gasteiger partial charge in [0.1, 0.15) is 0 Å². The predicted octanol–water partition coefficient (Wildman–Crippen LogP) is 1.35. The van der Waals surface area contributed by atoms with Crippen molar-refractivity contribution < 1.29 is 9.53 Å². The highest BCUT2D eigenvalue weighted by Crippen LogP contribution is 2.26. The summed E-state index contributed by atoms with van der Waals surface area (Å²) in [5.41, 5.74) is 2.21. The Hall–Kier alpha value is -1.42. The molecule has 0 saturated carbocycles. The molecule has 2 aliphatic rings. The molecule has 1 amide bonds. The van der Waals surface area contributed by atoms with Crippen LogP contribution in [0.2, 0.25) is 0 Å². The lowest BCUT2D eigenvalue weighted by Gasteiger charge is -2.18. The molecule has 1 fully saturated rings. The van der Waals surface area contributed by atoms with Crippen molar-refractivity contribution in [1.82, 2.24) is 9.88 Å². The zero-order valence-corrected chi connectivity index (χ0v) is 9.93. The number of ether oxygens (including phenoxy) is 1. The zero-order chi connectivity index (χ0) is 11.8. The Morgan fingerprint density at radius 2 is 2.41 bits per heavy atom. The summed E-state index contributed by atoms with van der Waals surface area (Å²) in [6, 6.07) is 3.97.